The fraction of sp³-hybridized carbons (Fsp3) is 0.318. The molecular formula is C22H24FN3O6S. The van der Waals surface area contributed by atoms with Gasteiger partial charge in [-0.05, 0) is 62.7 Å². The first-order valence-electron chi connectivity index (χ1n) is 10.3. The molecule has 0 aliphatic rings. The summed E-state index contributed by atoms with van der Waals surface area (Å²) in [6.07, 6.45) is -0.00117. The van der Waals surface area contributed by atoms with Crippen LogP contribution in [-0.2, 0) is 14.6 Å². The van der Waals surface area contributed by atoms with Crippen molar-refractivity contribution in [3.8, 4) is 23.0 Å². The third-order valence-corrected chi connectivity index (χ3v) is 6.27. The number of nitrogens with zero attached hydrogens (tertiary/aromatic N) is 2. The molecule has 0 saturated carbocycles. The SMILES string of the molecule is CCOc1ccc(-c2nnc(NC(=O)CCCS(=O)(=O)c3ccc(F)cc3)o2)cc1OCC. The molecule has 0 spiro atoms. The number of benzene rings is 2. The van der Waals surface area contributed by atoms with E-state index < -0.39 is 21.6 Å². The molecule has 0 atom stereocenters. The number of aromatic nitrogens is 2. The molecule has 0 bridgehead atoms. The second-order valence-corrected chi connectivity index (χ2v) is 8.97. The Morgan fingerprint density at radius 2 is 1.73 bits per heavy atom. The van der Waals surface area contributed by atoms with E-state index in [0.717, 1.165) is 12.1 Å². The molecule has 2 aromatic carbocycles. The number of amides is 1. The zero-order valence-electron chi connectivity index (χ0n) is 18.2. The molecule has 0 aliphatic carbocycles. The minimum absolute atomic E-state index is 0.00706. The van der Waals surface area contributed by atoms with Gasteiger partial charge in [-0.1, -0.05) is 5.10 Å². The number of hydrogen-bond acceptors (Lipinski definition) is 8. The summed E-state index contributed by atoms with van der Waals surface area (Å²) < 4.78 is 54.1. The lowest BCUT2D eigenvalue weighted by Crippen LogP contribution is -2.14. The Morgan fingerprint density at radius 1 is 1.03 bits per heavy atom. The molecule has 0 saturated heterocycles. The van der Waals surface area contributed by atoms with Gasteiger partial charge in [0.05, 0.1) is 23.9 Å². The van der Waals surface area contributed by atoms with Gasteiger partial charge in [-0.25, -0.2) is 12.8 Å². The van der Waals surface area contributed by atoms with Crippen LogP contribution in [0.15, 0.2) is 51.8 Å². The van der Waals surface area contributed by atoms with E-state index in [9.17, 15) is 17.6 Å². The average Bonchev–Trinajstić information content (AvgIpc) is 3.24. The number of hydrogen-bond donors (Lipinski definition) is 1. The van der Waals surface area contributed by atoms with Crippen LogP contribution in [-0.4, -0.2) is 43.5 Å². The van der Waals surface area contributed by atoms with E-state index in [4.69, 9.17) is 13.9 Å². The second-order valence-electron chi connectivity index (χ2n) is 6.86. The third kappa shape index (κ3) is 6.51. The monoisotopic (exact) mass is 477 g/mol. The number of sulfone groups is 1. The molecule has 0 radical (unpaired) electrons. The quantitative estimate of drug-likeness (QED) is 0.413. The van der Waals surface area contributed by atoms with Gasteiger partial charge in [0.25, 0.3) is 0 Å². The minimum Gasteiger partial charge on any atom is -0.490 e. The summed E-state index contributed by atoms with van der Waals surface area (Å²) in [7, 11) is -3.61. The molecule has 1 N–H and O–H groups in total. The van der Waals surface area contributed by atoms with Gasteiger partial charge in [0.2, 0.25) is 11.8 Å². The maximum Gasteiger partial charge on any atom is 0.322 e. The molecule has 0 unspecified atom stereocenters. The molecule has 1 aromatic heterocycles. The molecule has 3 rings (SSSR count). The minimum atomic E-state index is -3.61. The Balaban J connectivity index is 1.57. The Morgan fingerprint density at radius 3 is 2.42 bits per heavy atom. The van der Waals surface area contributed by atoms with Crippen LogP contribution in [0.25, 0.3) is 11.5 Å². The fourth-order valence-corrected chi connectivity index (χ4v) is 4.25. The topological polar surface area (TPSA) is 121 Å². The molecule has 0 fully saturated rings. The molecule has 33 heavy (non-hydrogen) atoms. The highest BCUT2D eigenvalue weighted by Gasteiger charge is 2.17. The normalized spacial score (nSPS) is 11.2. The Kier molecular flexibility index (Phi) is 7.99. The van der Waals surface area contributed by atoms with E-state index in [1.807, 2.05) is 13.8 Å². The van der Waals surface area contributed by atoms with E-state index in [2.05, 4.69) is 15.5 Å². The largest absolute Gasteiger partial charge is 0.490 e. The maximum atomic E-state index is 13.0. The number of rotatable bonds is 11. The van der Waals surface area contributed by atoms with Crippen LogP contribution < -0.4 is 14.8 Å². The average molecular weight is 478 g/mol. The van der Waals surface area contributed by atoms with Crippen LogP contribution in [0.5, 0.6) is 11.5 Å². The fourth-order valence-electron chi connectivity index (χ4n) is 2.94. The molecular weight excluding hydrogens is 453 g/mol. The molecule has 176 valence electrons. The van der Waals surface area contributed by atoms with Gasteiger partial charge in [-0.2, -0.15) is 0 Å². The third-order valence-electron chi connectivity index (χ3n) is 4.45. The number of nitrogens with one attached hydrogen (secondary N) is 1. The summed E-state index contributed by atoms with van der Waals surface area (Å²) in [4.78, 5) is 12.2. The summed E-state index contributed by atoms with van der Waals surface area (Å²) in [5.41, 5.74) is 0.584. The summed E-state index contributed by atoms with van der Waals surface area (Å²) in [5, 5.41) is 10.2. The van der Waals surface area contributed by atoms with Crippen molar-refractivity contribution in [1.29, 1.82) is 0 Å². The first kappa shape index (κ1) is 24.2. The highest BCUT2D eigenvalue weighted by atomic mass is 32.2. The Labute approximate surface area is 190 Å². The molecule has 0 aliphatic heterocycles. The van der Waals surface area contributed by atoms with Crippen molar-refractivity contribution in [3.05, 3.63) is 48.3 Å². The van der Waals surface area contributed by atoms with Crippen molar-refractivity contribution >= 4 is 21.8 Å². The van der Waals surface area contributed by atoms with Crippen molar-refractivity contribution < 1.29 is 31.5 Å². The lowest BCUT2D eigenvalue weighted by Gasteiger charge is -2.11. The zero-order chi connectivity index (χ0) is 23.8. The maximum absolute atomic E-state index is 13.0. The van der Waals surface area contributed by atoms with Gasteiger partial charge in [0, 0.05) is 12.0 Å². The van der Waals surface area contributed by atoms with Gasteiger partial charge in [0.15, 0.2) is 21.3 Å². The molecule has 3 aromatic rings. The first-order valence-corrected chi connectivity index (χ1v) is 12.0. The number of ether oxygens (including phenoxy) is 2. The van der Waals surface area contributed by atoms with E-state index >= 15 is 0 Å². The standard InChI is InChI=1S/C22H24FN3O6S/c1-3-30-18-12-7-15(14-19(18)31-4-2)21-25-26-22(32-21)24-20(27)6-5-13-33(28,29)17-10-8-16(23)9-11-17/h7-12,14H,3-6,13H2,1-2H3,(H,24,26,27). The number of carbonyl (C=O) groups is 1. The van der Waals surface area contributed by atoms with E-state index in [-0.39, 0.29) is 35.4 Å². The van der Waals surface area contributed by atoms with E-state index in [1.54, 1.807) is 18.2 Å². The van der Waals surface area contributed by atoms with Crippen molar-refractivity contribution in [1.82, 2.24) is 10.2 Å². The smallest absolute Gasteiger partial charge is 0.322 e. The Bertz CT molecular complexity index is 1200. The molecule has 1 heterocycles. The lowest BCUT2D eigenvalue weighted by atomic mass is 10.2. The van der Waals surface area contributed by atoms with E-state index in [1.165, 1.54) is 12.1 Å². The van der Waals surface area contributed by atoms with E-state index in [0.29, 0.717) is 30.3 Å². The first-order chi connectivity index (χ1) is 15.8. The van der Waals surface area contributed by atoms with Crippen molar-refractivity contribution in [2.75, 3.05) is 24.3 Å². The van der Waals surface area contributed by atoms with Gasteiger partial charge in [-0.15, -0.1) is 5.10 Å². The van der Waals surface area contributed by atoms with Gasteiger partial charge in [-0.3, -0.25) is 10.1 Å². The van der Waals surface area contributed by atoms with Crippen LogP contribution in [0.2, 0.25) is 0 Å². The zero-order valence-corrected chi connectivity index (χ0v) is 19.0. The number of halogens is 1. The summed E-state index contributed by atoms with van der Waals surface area (Å²) in [6.45, 7) is 4.66. The van der Waals surface area contributed by atoms with Gasteiger partial charge < -0.3 is 13.9 Å². The van der Waals surface area contributed by atoms with Crippen LogP contribution in [0.4, 0.5) is 10.4 Å². The molecule has 1 amide bonds. The second kappa shape index (κ2) is 10.9. The summed E-state index contributed by atoms with van der Waals surface area (Å²) >= 11 is 0. The van der Waals surface area contributed by atoms with Gasteiger partial charge >= 0.3 is 6.01 Å². The molecule has 11 heteroatoms. The van der Waals surface area contributed by atoms with Crippen LogP contribution in [0.3, 0.4) is 0 Å². The highest BCUT2D eigenvalue weighted by molar-refractivity contribution is 7.91. The summed E-state index contributed by atoms with van der Waals surface area (Å²) in [5.74, 6) is 0.0452. The predicted octanol–water partition coefficient (Wildman–Crippen LogP) is 3.87. The Hall–Kier alpha value is -3.47. The van der Waals surface area contributed by atoms with Crippen molar-refractivity contribution in [2.24, 2.45) is 0 Å². The van der Waals surface area contributed by atoms with Crippen LogP contribution in [0, 0.1) is 5.82 Å². The van der Waals surface area contributed by atoms with Crippen molar-refractivity contribution in [3.63, 3.8) is 0 Å². The predicted molar refractivity (Wildman–Crippen MR) is 118 cm³/mol. The van der Waals surface area contributed by atoms with Crippen LogP contribution >= 0.6 is 0 Å². The number of carbonyl (C=O) groups excluding carboxylic acids is 1. The van der Waals surface area contributed by atoms with Crippen LogP contribution in [0.1, 0.15) is 26.7 Å². The highest BCUT2D eigenvalue weighted by Crippen LogP contribution is 2.32. The number of anilines is 1. The van der Waals surface area contributed by atoms with Crippen molar-refractivity contribution in [2.45, 2.75) is 31.6 Å². The lowest BCUT2D eigenvalue weighted by molar-refractivity contribution is -0.116. The van der Waals surface area contributed by atoms with Gasteiger partial charge in [0.1, 0.15) is 5.82 Å². The summed E-state index contributed by atoms with van der Waals surface area (Å²) in [6, 6.07) is 9.60. The molecule has 9 nitrogen and oxygen atoms in total.